The van der Waals surface area contributed by atoms with E-state index in [1.54, 1.807) is 0 Å². The van der Waals surface area contributed by atoms with Gasteiger partial charge in [-0.15, -0.1) is 0 Å². The predicted octanol–water partition coefficient (Wildman–Crippen LogP) is 2.82. The molecule has 2 atom stereocenters. The van der Waals surface area contributed by atoms with Gasteiger partial charge in [-0.05, 0) is 37.8 Å². The Bertz CT molecular complexity index is 519. The maximum Gasteiger partial charge on any atom is 0.340 e. The summed E-state index contributed by atoms with van der Waals surface area (Å²) in [7, 11) is 1.29. The van der Waals surface area contributed by atoms with Gasteiger partial charge >= 0.3 is 5.97 Å². The highest BCUT2D eigenvalue weighted by atomic mass is 19.1. The minimum Gasteiger partial charge on any atom is -0.465 e. The summed E-state index contributed by atoms with van der Waals surface area (Å²) in [6.07, 6.45) is 2.03. The second kappa shape index (κ2) is 5.69. The number of nitrogens with two attached hydrogens (primary N) is 1. The van der Waals surface area contributed by atoms with Crippen LogP contribution in [-0.2, 0) is 4.74 Å². The molecule has 4 nitrogen and oxygen atoms in total. The number of nitrogens with zero attached hydrogens (tertiary/aromatic N) is 1. The molecule has 1 aromatic rings. The molecule has 0 radical (unpaired) electrons. The summed E-state index contributed by atoms with van der Waals surface area (Å²) in [6.45, 7) is 5.06. The van der Waals surface area contributed by atoms with Crippen molar-refractivity contribution < 1.29 is 13.9 Å². The lowest BCUT2D eigenvalue weighted by Crippen LogP contribution is -2.40. The van der Waals surface area contributed by atoms with Gasteiger partial charge in [0.05, 0.1) is 18.4 Å². The zero-order valence-corrected chi connectivity index (χ0v) is 12.1. The number of methoxy groups -OCH3 is 1. The fraction of sp³-hybridized carbons (Fsp3) is 0.533. The number of carbonyl (C=O) groups excluding carboxylic acids is 1. The molecule has 1 aliphatic heterocycles. The lowest BCUT2D eigenvalue weighted by molar-refractivity contribution is 0.0602. The SMILES string of the molecule is COC(=O)c1cc(N2CCC(C)CC2C)c(F)cc1N. The number of nitrogen functional groups attached to an aromatic ring is 1. The third kappa shape index (κ3) is 2.71. The van der Waals surface area contributed by atoms with Crippen LogP contribution < -0.4 is 10.6 Å². The van der Waals surface area contributed by atoms with E-state index in [2.05, 4.69) is 18.6 Å². The molecule has 0 aromatic heterocycles. The Morgan fingerprint density at radius 3 is 2.75 bits per heavy atom. The molecule has 2 unspecified atom stereocenters. The van der Waals surface area contributed by atoms with E-state index in [-0.39, 0.29) is 17.3 Å². The van der Waals surface area contributed by atoms with Crippen molar-refractivity contribution in [2.24, 2.45) is 5.92 Å². The van der Waals surface area contributed by atoms with Crippen LogP contribution in [0, 0.1) is 11.7 Å². The van der Waals surface area contributed by atoms with Crippen molar-refractivity contribution in [2.75, 3.05) is 24.3 Å². The first-order valence-electron chi connectivity index (χ1n) is 6.88. The van der Waals surface area contributed by atoms with E-state index in [9.17, 15) is 9.18 Å². The summed E-state index contributed by atoms with van der Waals surface area (Å²) in [5, 5.41) is 0. The Morgan fingerprint density at radius 2 is 2.15 bits per heavy atom. The molecular formula is C15H21FN2O2. The number of carbonyl (C=O) groups is 1. The van der Waals surface area contributed by atoms with Crippen molar-refractivity contribution in [3.8, 4) is 0 Å². The highest BCUT2D eigenvalue weighted by Crippen LogP contribution is 2.32. The van der Waals surface area contributed by atoms with Crippen LogP contribution in [0.15, 0.2) is 12.1 Å². The van der Waals surface area contributed by atoms with Crippen LogP contribution >= 0.6 is 0 Å². The summed E-state index contributed by atoms with van der Waals surface area (Å²) < 4.78 is 18.9. The maximum absolute atomic E-state index is 14.2. The monoisotopic (exact) mass is 280 g/mol. The molecule has 2 N–H and O–H groups in total. The summed E-state index contributed by atoms with van der Waals surface area (Å²) >= 11 is 0. The molecular weight excluding hydrogens is 259 g/mol. The molecule has 1 aliphatic rings. The second-order valence-corrected chi connectivity index (χ2v) is 5.55. The maximum atomic E-state index is 14.2. The van der Waals surface area contributed by atoms with Gasteiger partial charge in [-0.25, -0.2) is 9.18 Å². The standard InChI is InChI=1S/C15H21FN2O2/c1-9-4-5-18(10(2)6-9)14-7-11(15(19)20-3)13(17)8-12(14)16/h7-10H,4-6,17H2,1-3H3. The molecule has 1 aromatic carbocycles. The first kappa shape index (κ1) is 14.6. The molecule has 110 valence electrons. The van der Waals surface area contributed by atoms with Gasteiger partial charge in [-0.3, -0.25) is 0 Å². The van der Waals surface area contributed by atoms with Crippen LogP contribution in [0.5, 0.6) is 0 Å². The van der Waals surface area contributed by atoms with Crippen LogP contribution in [-0.4, -0.2) is 25.7 Å². The summed E-state index contributed by atoms with van der Waals surface area (Å²) in [5.41, 5.74) is 6.45. The van der Waals surface area contributed by atoms with Crippen molar-refractivity contribution >= 4 is 17.3 Å². The van der Waals surface area contributed by atoms with Gasteiger partial charge in [0.1, 0.15) is 5.82 Å². The van der Waals surface area contributed by atoms with E-state index in [0.717, 1.165) is 19.4 Å². The molecule has 1 fully saturated rings. The number of piperidine rings is 1. The Labute approximate surface area is 118 Å². The molecule has 5 heteroatoms. The van der Waals surface area contributed by atoms with Gasteiger partial charge in [-0.1, -0.05) is 6.92 Å². The highest BCUT2D eigenvalue weighted by Gasteiger charge is 2.26. The van der Waals surface area contributed by atoms with Crippen molar-refractivity contribution in [3.63, 3.8) is 0 Å². The number of anilines is 2. The first-order chi connectivity index (χ1) is 9.43. The lowest BCUT2D eigenvalue weighted by atomic mass is 9.92. The summed E-state index contributed by atoms with van der Waals surface area (Å²) in [5.74, 6) is -0.295. The fourth-order valence-electron chi connectivity index (χ4n) is 2.85. The van der Waals surface area contributed by atoms with Crippen molar-refractivity contribution in [2.45, 2.75) is 32.7 Å². The number of rotatable bonds is 2. The van der Waals surface area contributed by atoms with Gasteiger partial charge in [0.15, 0.2) is 0 Å². The Balaban J connectivity index is 2.38. The molecule has 0 bridgehead atoms. The van der Waals surface area contributed by atoms with Crippen molar-refractivity contribution in [1.29, 1.82) is 0 Å². The zero-order valence-electron chi connectivity index (χ0n) is 12.1. The third-order valence-electron chi connectivity index (χ3n) is 3.97. The average molecular weight is 280 g/mol. The zero-order chi connectivity index (χ0) is 14.9. The largest absolute Gasteiger partial charge is 0.465 e. The molecule has 1 heterocycles. The van der Waals surface area contributed by atoms with Crippen molar-refractivity contribution in [1.82, 2.24) is 0 Å². The van der Waals surface area contributed by atoms with E-state index in [0.29, 0.717) is 11.6 Å². The quantitative estimate of drug-likeness (QED) is 0.668. The van der Waals surface area contributed by atoms with Crippen LogP contribution in [0.1, 0.15) is 37.0 Å². The predicted molar refractivity (Wildman–Crippen MR) is 77.4 cm³/mol. The number of ether oxygens (including phenoxy) is 1. The van der Waals surface area contributed by atoms with Crippen LogP contribution in [0.4, 0.5) is 15.8 Å². The number of hydrogen-bond donors (Lipinski definition) is 1. The molecule has 0 spiro atoms. The second-order valence-electron chi connectivity index (χ2n) is 5.55. The molecule has 20 heavy (non-hydrogen) atoms. The molecule has 1 saturated heterocycles. The average Bonchev–Trinajstić information content (AvgIpc) is 2.39. The molecule has 2 rings (SSSR count). The van der Waals surface area contributed by atoms with Gasteiger partial charge in [0, 0.05) is 18.3 Å². The van der Waals surface area contributed by atoms with Crippen LogP contribution in [0.2, 0.25) is 0 Å². The molecule has 0 amide bonds. The summed E-state index contributed by atoms with van der Waals surface area (Å²) in [4.78, 5) is 13.7. The van der Waals surface area contributed by atoms with E-state index >= 15 is 0 Å². The smallest absolute Gasteiger partial charge is 0.340 e. The minimum absolute atomic E-state index is 0.108. The highest BCUT2D eigenvalue weighted by molar-refractivity contribution is 5.96. The minimum atomic E-state index is -0.540. The van der Waals surface area contributed by atoms with Crippen LogP contribution in [0.25, 0.3) is 0 Å². The third-order valence-corrected chi connectivity index (χ3v) is 3.97. The molecule has 0 saturated carbocycles. The van der Waals surface area contributed by atoms with Gasteiger partial charge in [0.2, 0.25) is 0 Å². The normalized spacial score (nSPS) is 22.7. The van der Waals surface area contributed by atoms with Gasteiger partial charge in [-0.2, -0.15) is 0 Å². The van der Waals surface area contributed by atoms with E-state index in [4.69, 9.17) is 5.73 Å². The topological polar surface area (TPSA) is 55.6 Å². The van der Waals surface area contributed by atoms with Gasteiger partial charge in [0.25, 0.3) is 0 Å². The van der Waals surface area contributed by atoms with E-state index in [1.807, 2.05) is 4.90 Å². The molecule has 0 aliphatic carbocycles. The fourth-order valence-corrected chi connectivity index (χ4v) is 2.85. The number of halogens is 1. The Kier molecular flexibility index (Phi) is 4.16. The Hall–Kier alpha value is -1.78. The van der Waals surface area contributed by atoms with E-state index < -0.39 is 11.8 Å². The van der Waals surface area contributed by atoms with Crippen LogP contribution in [0.3, 0.4) is 0 Å². The number of esters is 1. The first-order valence-corrected chi connectivity index (χ1v) is 6.88. The van der Waals surface area contributed by atoms with E-state index in [1.165, 1.54) is 19.2 Å². The Morgan fingerprint density at radius 1 is 1.45 bits per heavy atom. The lowest BCUT2D eigenvalue weighted by Gasteiger charge is -2.38. The van der Waals surface area contributed by atoms with Crippen molar-refractivity contribution in [3.05, 3.63) is 23.5 Å². The summed E-state index contributed by atoms with van der Waals surface area (Å²) in [6, 6.07) is 2.94. The number of hydrogen-bond acceptors (Lipinski definition) is 4. The number of benzene rings is 1. The van der Waals surface area contributed by atoms with Gasteiger partial charge < -0.3 is 15.4 Å².